The topological polar surface area (TPSA) is 84.9 Å². The minimum atomic E-state index is -3.78. The third-order valence-electron chi connectivity index (χ3n) is 5.93. The standard InChI is InChI=1S/C23H28N2O5S/c1-14-10-15(2)22(16(3)11-14)31(27,28)25-9-5-6-19(25)23(26)24-17(4)18-7-8-20-21(12-18)30-13-29-20/h7-8,10-12,17,19H,5-6,9,13H2,1-4H3,(H,24,26). The van der Waals surface area contributed by atoms with Gasteiger partial charge >= 0.3 is 0 Å². The predicted molar refractivity (Wildman–Crippen MR) is 117 cm³/mol. The average molecular weight is 445 g/mol. The molecule has 0 saturated carbocycles. The number of carbonyl (C=O) groups is 1. The highest BCUT2D eigenvalue weighted by Crippen LogP contribution is 2.35. The van der Waals surface area contributed by atoms with Crippen molar-refractivity contribution in [1.29, 1.82) is 0 Å². The van der Waals surface area contributed by atoms with Gasteiger partial charge in [-0.3, -0.25) is 4.79 Å². The van der Waals surface area contributed by atoms with E-state index < -0.39 is 16.1 Å². The molecule has 1 saturated heterocycles. The Bertz CT molecular complexity index is 1110. The maximum atomic E-state index is 13.5. The van der Waals surface area contributed by atoms with Crippen LogP contribution in [-0.2, 0) is 14.8 Å². The lowest BCUT2D eigenvalue weighted by atomic mass is 10.1. The SMILES string of the molecule is Cc1cc(C)c(S(=O)(=O)N2CCCC2C(=O)NC(C)c2ccc3c(c2)OCO3)c(C)c1. The fourth-order valence-electron chi connectivity index (χ4n) is 4.56. The highest BCUT2D eigenvalue weighted by Gasteiger charge is 2.41. The highest BCUT2D eigenvalue weighted by atomic mass is 32.2. The summed E-state index contributed by atoms with van der Waals surface area (Å²) in [5.41, 5.74) is 3.30. The van der Waals surface area contributed by atoms with E-state index in [9.17, 15) is 13.2 Å². The Hall–Kier alpha value is -2.58. The van der Waals surface area contributed by atoms with Gasteiger partial charge in [-0.15, -0.1) is 0 Å². The Morgan fingerprint density at radius 1 is 1.10 bits per heavy atom. The van der Waals surface area contributed by atoms with Gasteiger partial charge in [-0.05, 0) is 69.4 Å². The van der Waals surface area contributed by atoms with E-state index in [4.69, 9.17) is 9.47 Å². The van der Waals surface area contributed by atoms with Gasteiger partial charge in [-0.2, -0.15) is 4.31 Å². The summed E-state index contributed by atoms with van der Waals surface area (Å²) in [6.45, 7) is 7.95. The third-order valence-corrected chi connectivity index (χ3v) is 8.15. The van der Waals surface area contributed by atoms with E-state index in [0.717, 1.165) is 11.1 Å². The lowest BCUT2D eigenvalue weighted by molar-refractivity contribution is -0.124. The van der Waals surface area contributed by atoms with Crippen LogP contribution in [0.25, 0.3) is 0 Å². The van der Waals surface area contributed by atoms with Crippen LogP contribution in [0.3, 0.4) is 0 Å². The Kier molecular flexibility index (Phi) is 5.70. The molecule has 8 heteroatoms. The zero-order valence-corrected chi connectivity index (χ0v) is 19.1. The first-order chi connectivity index (χ1) is 14.7. The van der Waals surface area contributed by atoms with E-state index in [1.807, 2.05) is 44.2 Å². The number of rotatable bonds is 5. The van der Waals surface area contributed by atoms with E-state index in [-0.39, 0.29) is 18.7 Å². The van der Waals surface area contributed by atoms with Crippen LogP contribution < -0.4 is 14.8 Å². The van der Waals surface area contributed by atoms with Gasteiger partial charge in [0, 0.05) is 6.54 Å². The average Bonchev–Trinajstić information content (AvgIpc) is 3.36. The van der Waals surface area contributed by atoms with E-state index in [2.05, 4.69) is 5.32 Å². The quantitative estimate of drug-likeness (QED) is 0.764. The van der Waals surface area contributed by atoms with Crippen LogP contribution in [0.15, 0.2) is 35.2 Å². The van der Waals surface area contributed by atoms with Gasteiger partial charge in [0.05, 0.1) is 10.9 Å². The second kappa shape index (κ2) is 8.16. The van der Waals surface area contributed by atoms with E-state index >= 15 is 0 Å². The highest BCUT2D eigenvalue weighted by molar-refractivity contribution is 7.89. The van der Waals surface area contributed by atoms with Crippen molar-refractivity contribution in [2.75, 3.05) is 13.3 Å². The van der Waals surface area contributed by atoms with Crippen LogP contribution in [0.1, 0.15) is 48.1 Å². The maximum absolute atomic E-state index is 13.5. The van der Waals surface area contributed by atoms with Crippen molar-refractivity contribution in [3.63, 3.8) is 0 Å². The Labute approximate surface area is 183 Å². The molecule has 166 valence electrons. The smallest absolute Gasteiger partial charge is 0.244 e. The molecule has 1 amide bonds. The Balaban J connectivity index is 1.55. The molecule has 2 aliphatic heterocycles. The number of ether oxygens (including phenoxy) is 2. The van der Waals surface area contributed by atoms with Gasteiger partial charge < -0.3 is 14.8 Å². The zero-order chi connectivity index (χ0) is 22.3. The van der Waals surface area contributed by atoms with Crippen molar-refractivity contribution < 1.29 is 22.7 Å². The number of hydrogen-bond donors (Lipinski definition) is 1. The van der Waals surface area contributed by atoms with Gasteiger partial charge in [0.1, 0.15) is 6.04 Å². The van der Waals surface area contributed by atoms with Gasteiger partial charge in [0.15, 0.2) is 11.5 Å². The zero-order valence-electron chi connectivity index (χ0n) is 18.3. The molecule has 2 aromatic rings. The van der Waals surface area contributed by atoms with Crippen LogP contribution in [0, 0.1) is 20.8 Å². The summed E-state index contributed by atoms with van der Waals surface area (Å²) in [4.78, 5) is 13.4. The van der Waals surface area contributed by atoms with Gasteiger partial charge in [0.25, 0.3) is 0 Å². The first-order valence-electron chi connectivity index (χ1n) is 10.5. The van der Waals surface area contributed by atoms with Crippen molar-refractivity contribution in [3.05, 3.63) is 52.6 Å². The molecule has 0 spiro atoms. The second-order valence-corrected chi connectivity index (χ2v) is 10.2. The van der Waals surface area contributed by atoms with Crippen LogP contribution in [0.4, 0.5) is 0 Å². The molecule has 2 atom stereocenters. The largest absolute Gasteiger partial charge is 0.454 e. The summed E-state index contributed by atoms with van der Waals surface area (Å²) in [6, 6.07) is 8.25. The lowest BCUT2D eigenvalue weighted by Crippen LogP contribution is -2.46. The minimum Gasteiger partial charge on any atom is -0.454 e. The molecular formula is C23H28N2O5S. The third kappa shape index (κ3) is 4.02. The number of fused-ring (bicyclic) bond motifs is 1. The van der Waals surface area contributed by atoms with Gasteiger partial charge in [0.2, 0.25) is 22.7 Å². The first kappa shape index (κ1) is 21.6. The number of carbonyl (C=O) groups excluding carboxylic acids is 1. The predicted octanol–water partition coefficient (Wildman–Crippen LogP) is 3.37. The molecule has 0 bridgehead atoms. The molecule has 2 unspecified atom stereocenters. The van der Waals surface area contributed by atoms with E-state index in [1.54, 1.807) is 13.8 Å². The minimum absolute atomic E-state index is 0.187. The molecule has 1 fully saturated rings. The molecule has 2 heterocycles. The van der Waals surface area contributed by atoms with Crippen molar-refractivity contribution in [1.82, 2.24) is 9.62 Å². The van der Waals surface area contributed by atoms with Crippen LogP contribution in [0.2, 0.25) is 0 Å². The summed E-state index contributed by atoms with van der Waals surface area (Å²) >= 11 is 0. The molecular weight excluding hydrogens is 416 g/mol. The number of sulfonamides is 1. The van der Waals surface area contributed by atoms with Gasteiger partial charge in [-0.25, -0.2) is 8.42 Å². The molecule has 31 heavy (non-hydrogen) atoms. The fourth-order valence-corrected chi connectivity index (χ4v) is 6.63. The van der Waals surface area contributed by atoms with Crippen LogP contribution in [0.5, 0.6) is 11.5 Å². The van der Waals surface area contributed by atoms with Crippen molar-refractivity contribution >= 4 is 15.9 Å². The molecule has 4 rings (SSSR count). The fraction of sp³-hybridized carbons (Fsp3) is 0.435. The maximum Gasteiger partial charge on any atom is 0.244 e. The number of aryl methyl sites for hydroxylation is 3. The van der Waals surface area contributed by atoms with E-state index in [0.29, 0.717) is 46.9 Å². The molecule has 0 radical (unpaired) electrons. The van der Waals surface area contributed by atoms with Crippen molar-refractivity contribution in [2.45, 2.75) is 57.5 Å². The number of benzene rings is 2. The first-order valence-corrected chi connectivity index (χ1v) is 11.9. The Morgan fingerprint density at radius 2 is 1.77 bits per heavy atom. The summed E-state index contributed by atoms with van der Waals surface area (Å²) < 4.78 is 39.1. The number of nitrogens with one attached hydrogen (secondary N) is 1. The molecule has 7 nitrogen and oxygen atoms in total. The normalized spacial score (nSPS) is 19.4. The number of hydrogen-bond acceptors (Lipinski definition) is 5. The van der Waals surface area contributed by atoms with Crippen LogP contribution >= 0.6 is 0 Å². The van der Waals surface area contributed by atoms with Gasteiger partial charge in [-0.1, -0.05) is 23.8 Å². The van der Waals surface area contributed by atoms with Crippen molar-refractivity contribution in [2.24, 2.45) is 0 Å². The summed E-state index contributed by atoms with van der Waals surface area (Å²) in [5.74, 6) is 1.04. The van der Waals surface area contributed by atoms with Crippen LogP contribution in [-0.4, -0.2) is 38.0 Å². The molecule has 0 aliphatic carbocycles. The summed E-state index contributed by atoms with van der Waals surface area (Å²) in [7, 11) is -3.78. The number of amides is 1. The Morgan fingerprint density at radius 3 is 2.48 bits per heavy atom. The molecule has 1 N–H and O–H groups in total. The van der Waals surface area contributed by atoms with Crippen molar-refractivity contribution in [3.8, 4) is 11.5 Å². The number of nitrogens with zero attached hydrogens (tertiary/aromatic N) is 1. The van der Waals surface area contributed by atoms with E-state index in [1.165, 1.54) is 4.31 Å². The monoisotopic (exact) mass is 444 g/mol. The summed E-state index contributed by atoms with van der Waals surface area (Å²) in [6.07, 6.45) is 1.16. The second-order valence-electron chi connectivity index (χ2n) is 8.34. The summed E-state index contributed by atoms with van der Waals surface area (Å²) in [5, 5.41) is 2.98. The molecule has 2 aliphatic rings. The molecule has 0 aromatic heterocycles. The molecule has 2 aromatic carbocycles. The lowest BCUT2D eigenvalue weighted by Gasteiger charge is -2.26.